The zero-order valence-corrected chi connectivity index (χ0v) is 42.4. The molecule has 0 aliphatic heterocycles. The van der Waals surface area contributed by atoms with Gasteiger partial charge in [0.15, 0.2) is 11.6 Å². The quantitative estimate of drug-likeness (QED) is 0.0620. The number of nitrogens with two attached hydrogens (primary N) is 5. The fourth-order valence-corrected chi connectivity index (χ4v) is 7.61. The average Bonchev–Trinajstić information content (AvgIpc) is 3.79. The molecular formula is C51H72F6N12. The fourth-order valence-electron chi connectivity index (χ4n) is 7.61. The molecule has 1 aliphatic carbocycles. The Morgan fingerprint density at radius 2 is 1.26 bits per heavy atom. The summed E-state index contributed by atoms with van der Waals surface area (Å²) in [6.07, 6.45) is 9.70. The fraction of sp³-hybridized carbons (Fsp3) is 0.412. The Morgan fingerprint density at radius 3 is 1.75 bits per heavy atom. The van der Waals surface area contributed by atoms with Gasteiger partial charge in [-0.3, -0.25) is 0 Å². The van der Waals surface area contributed by atoms with Gasteiger partial charge in [0.25, 0.3) is 5.95 Å². The van der Waals surface area contributed by atoms with Gasteiger partial charge in [-0.25, -0.2) is 51.3 Å². The summed E-state index contributed by atoms with van der Waals surface area (Å²) in [5.74, 6) is -3.73. The predicted molar refractivity (Wildman–Crippen MR) is 267 cm³/mol. The summed E-state index contributed by atoms with van der Waals surface area (Å²) in [5.41, 5.74) is 29.6. The van der Waals surface area contributed by atoms with Crippen molar-refractivity contribution >= 4 is 17.3 Å². The lowest BCUT2D eigenvalue weighted by Gasteiger charge is -2.38. The van der Waals surface area contributed by atoms with Crippen LogP contribution < -0.4 is 28.7 Å². The molecule has 69 heavy (non-hydrogen) atoms. The van der Waals surface area contributed by atoms with Gasteiger partial charge in [-0.1, -0.05) is 87.8 Å². The molecular weight excluding hydrogens is 895 g/mol. The molecule has 0 saturated carbocycles. The molecule has 2 atom stereocenters. The zero-order chi connectivity index (χ0) is 52.8. The van der Waals surface area contributed by atoms with E-state index in [9.17, 15) is 22.0 Å². The normalized spacial score (nSPS) is 15.7. The number of anilines is 1. The Kier molecular flexibility index (Phi) is 25.0. The molecule has 0 fully saturated rings. The highest BCUT2D eigenvalue weighted by Gasteiger charge is 2.41. The number of aromatic nitrogens is 7. The lowest BCUT2D eigenvalue weighted by Crippen LogP contribution is -2.38. The number of aryl methyl sites for hydroxylation is 1. The zero-order valence-electron chi connectivity index (χ0n) is 42.4. The molecule has 10 N–H and O–H groups in total. The van der Waals surface area contributed by atoms with Crippen LogP contribution in [0.3, 0.4) is 0 Å². The molecule has 5 aromatic rings. The maximum atomic E-state index is 15.1. The maximum Gasteiger partial charge on any atom is 0.252 e. The first-order valence-corrected chi connectivity index (χ1v) is 23.4. The highest BCUT2D eigenvalue weighted by atomic mass is 19.2. The van der Waals surface area contributed by atoms with E-state index in [0.29, 0.717) is 61.2 Å². The van der Waals surface area contributed by atoms with Crippen molar-refractivity contribution in [1.82, 2.24) is 34.7 Å². The first-order valence-electron chi connectivity index (χ1n) is 23.4. The standard InChI is InChI=1S/C23H24F3N7.C20H24F3N5.4C2H6/c1-3-23(21-17(26)11-29-22(31-21)33-12-30-13(2)32-33)9-5-6-14(20(23)28)10-18(27)19-15(24)7-4-8-16(19)25;1-4-8-20(3,18-14(23)10-27-19(26)28-18)17(25)11(2)9-15(24)16-12(21)6-5-7-13(16)22;4*1-2/h4,7-8,10-12H,3,5-6,9,27-28H2,1-2H3;5-7,9-10H,4,8,24-25H2,1-3H3,(H2,26,27,28);4*1-2H3/b18-10-;15-9-,17-11-;;;;. The van der Waals surface area contributed by atoms with Crippen molar-refractivity contribution in [2.45, 2.75) is 139 Å². The Balaban J connectivity index is 0.000000610. The third-order valence-electron chi connectivity index (χ3n) is 10.8. The van der Waals surface area contributed by atoms with Crippen molar-refractivity contribution in [2.24, 2.45) is 22.9 Å². The van der Waals surface area contributed by atoms with Gasteiger partial charge in [0.05, 0.1) is 45.7 Å². The van der Waals surface area contributed by atoms with Gasteiger partial charge in [0.1, 0.15) is 35.4 Å². The van der Waals surface area contributed by atoms with E-state index in [1.54, 1.807) is 20.8 Å². The molecule has 6 rings (SSSR count). The van der Waals surface area contributed by atoms with Gasteiger partial charge >= 0.3 is 0 Å². The van der Waals surface area contributed by atoms with E-state index in [1.807, 2.05) is 69.2 Å². The lowest BCUT2D eigenvalue weighted by molar-refractivity contribution is 0.371. The Morgan fingerprint density at radius 1 is 0.739 bits per heavy atom. The van der Waals surface area contributed by atoms with Crippen molar-refractivity contribution in [3.63, 3.8) is 0 Å². The topological polar surface area (TPSA) is 212 Å². The molecule has 0 spiro atoms. The van der Waals surface area contributed by atoms with Crippen LogP contribution in [-0.2, 0) is 10.8 Å². The van der Waals surface area contributed by atoms with E-state index in [1.165, 1.54) is 35.3 Å². The maximum absolute atomic E-state index is 15.1. The van der Waals surface area contributed by atoms with Crippen molar-refractivity contribution in [1.29, 1.82) is 0 Å². The largest absolute Gasteiger partial charge is 0.401 e. The second kappa shape index (κ2) is 28.6. The Bertz CT molecular complexity index is 2510. The van der Waals surface area contributed by atoms with E-state index in [0.717, 1.165) is 36.7 Å². The van der Waals surface area contributed by atoms with Crippen molar-refractivity contribution < 1.29 is 26.3 Å². The number of allylic oxidation sites excluding steroid dienone is 6. The van der Waals surface area contributed by atoms with Crippen molar-refractivity contribution in [3.8, 4) is 5.95 Å². The highest BCUT2D eigenvalue weighted by molar-refractivity contribution is 5.68. The summed E-state index contributed by atoms with van der Waals surface area (Å²) in [6.45, 7) is 24.9. The lowest BCUT2D eigenvalue weighted by atomic mass is 9.69. The van der Waals surface area contributed by atoms with E-state index in [4.69, 9.17) is 28.7 Å². The van der Waals surface area contributed by atoms with Crippen LogP contribution in [0.15, 0.2) is 89.8 Å². The number of hydrogen-bond acceptors (Lipinski definition) is 11. The molecule has 12 nitrogen and oxygen atoms in total. The second-order valence-corrected chi connectivity index (χ2v) is 14.8. The van der Waals surface area contributed by atoms with Crippen LogP contribution in [0.2, 0.25) is 0 Å². The van der Waals surface area contributed by atoms with Crippen LogP contribution in [0.4, 0.5) is 32.3 Å². The van der Waals surface area contributed by atoms with Crippen LogP contribution in [-0.4, -0.2) is 34.7 Å². The number of nitrogen functional groups attached to an aromatic ring is 1. The third-order valence-corrected chi connectivity index (χ3v) is 10.8. The molecule has 18 heteroatoms. The van der Waals surface area contributed by atoms with E-state index >= 15 is 4.39 Å². The molecule has 3 heterocycles. The summed E-state index contributed by atoms with van der Waals surface area (Å²) in [4.78, 5) is 20.2. The number of nitrogens with zero attached hydrogens (tertiary/aromatic N) is 7. The van der Waals surface area contributed by atoms with Gasteiger partial charge in [0, 0.05) is 22.8 Å². The summed E-state index contributed by atoms with van der Waals surface area (Å²) >= 11 is 0. The number of benzene rings is 2. The van der Waals surface area contributed by atoms with E-state index in [2.05, 4.69) is 30.0 Å². The molecule has 0 bridgehead atoms. The van der Waals surface area contributed by atoms with Crippen LogP contribution >= 0.6 is 0 Å². The van der Waals surface area contributed by atoms with Crippen molar-refractivity contribution in [2.75, 3.05) is 5.73 Å². The third kappa shape index (κ3) is 14.4. The first kappa shape index (κ1) is 60.3. The Hall–Kier alpha value is -6.72. The molecule has 0 saturated heterocycles. The number of rotatable bonds is 11. The minimum absolute atomic E-state index is 0.0581. The summed E-state index contributed by atoms with van der Waals surface area (Å²) in [6, 6.07) is 7.02. The van der Waals surface area contributed by atoms with Gasteiger partial charge in [-0.15, -0.1) is 5.10 Å². The van der Waals surface area contributed by atoms with Gasteiger partial charge in [-0.2, -0.15) is 4.68 Å². The van der Waals surface area contributed by atoms with Crippen LogP contribution in [0, 0.1) is 41.8 Å². The van der Waals surface area contributed by atoms with E-state index < -0.39 is 45.7 Å². The van der Waals surface area contributed by atoms with Gasteiger partial charge in [-0.05, 0) is 100 Å². The SMILES string of the molecule is CC.CC.CC.CC.CCC1(c2nc(-n3cnc(C)n3)ncc2F)CCCC(/C=C(\N)c2c(F)cccc2F)=C1N.CCCC(C)(/C(N)=C(C)/C=C(\N)c1c(F)cccc1F)c1nc(N)ncc1F. The molecule has 2 unspecified atom stereocenters. The highest BCUT2D eigenvalue weighted by Crippen LogP contribution is 2.45. The molecule has 3 aromatic heterocycles. The van der Waals surface area contributed by atoms with Crippen molar-refractivity contribution in [3.05, 3.63) is 153 Å². The number of halogens is 6. The molecule has 0 amide bonds. The molecule has 378 valence electrons. The summed E-state index contributed by atoms with van der Waals surface area (Å²) in [7, 11) is 0. The monoisotopic (exact) mass is 967 g/mol. The second-order valence-electron chi connectivity index (χ2n) is 14.8. The Labute approximate surface area is 404 Å². The van der Waals surface area contributed by atoms with Crippen LogP contribution in [0.25, 0.3) is 17.3 Å². The minimum Gasteiger partial charge on any atom is -0.401 e. The molecule has 1 aliphatic rings. The van der Waals surface area contributed by atoms with Crippen LogP contribution in [0.5, 0.6) is 0 Å². The summed E-state index contributed by atoms with van der Waals surface area (Å²) in [5, 5.41) is 4.19. The minimum atomic E-state index is -1.01. The van der Waals surface area contributed by atoms with Gasteiger partial charge in [0.2, 0.25) is 5.95 Å². The van der Waals surface area contributed by atoms with E-state index in [-0.39, 0.29) is 51.5 Å². The summed E-state index contributed by atoms with van der Waals surface area (Å²) < 4.78 is 87.2. The number of hydrogen-bond donors (Lipinski definition) is 5. The molecule has 0 radical (unpaired) electrons. The molecule has 2 aromatic carbocycles. The predicted octanol–water partition coefficient (Wildman–Crippen LogP) is 11.7. The van der Waals surface area contributed by atoms with Gasteiger partial charge < -0.3 is 28.7 Å². The smallest absolute Gasteiger partial charge is 0.252 e. The van der Waals surface area contributed by atoms with Crippen LogP contribution in [0.1, 0.15) is 150 Å². The first-order chi connectivity index (χ1) is 32.9. The average molecular weight is 967 g/mol.